The first-order chi connectivity index (χ1) is 16.7. The Hall–Kier alpha value is -3.81. The molecule has 1 amide bonds. The third-order valence-electron chi connectivity index (χ3n) is 7.20. The van der Waals surface area contributed by atoms with Gasteiger partial charge in [0.25, 0.3) is 0 Å². The van der Waals surface area contributed by atoms with Crippen LogP contribution in [0.15, 0.2) is 54.6 Å². The van der Waals surface area contributed by atoms with Crippen molar-refractivity contribution in [2.45, 2.75) is 49.7 Å². The van der Waals surface area contributed by atoms with E-state index in [-0.39, 0.29) is 22.8 Å². The number of ether oxygens (including phenoxy) is 2. The van der Waals surface area contributed by atoms with E-state index >= 15 is 0 Å². The lowest BCUT2D eigenvalue weighted by Gasteiger charge is -2.17. The maximum absolute atomic E-state index is 13.4. The van der Waals surface area contributed by atoms with E-state index in [0.717, 1.165) is 41.5 Å². The number of amides is 1. The molecule has 6 nitrogen and oxygen atoms in total. The Balaban J connectivity index is 1.26. The topological polar surface area (TPSA) is 77.5 Å². The molecule has 178 valence electrons. The molecular formula is C27H22F2N2O4. The van der Waals surface area contributed by atoms with Gasteiger partial charge in [-0.2, -0.15) is 0 Å². The summed E-state index contributed by atoms with van der Waals surface area (Å²) < 4.78 is 35.8. The van der Waals surface area contributed by atoms with Gasteiger partial charge in [-0.25, -0.2) is 4.98 Å². The number of nitrogens with zero attached hydrogens (tertiary/aromatic N) is 1. The van der Waals surface area contributed by atoms with Crippen molar-refractivity contribution in [3.05, 3.63) is 71.3 Å². The Bertz CT molecular complexity index is 1380. The molecule has 8 heteroatoms. The summed E-state index contributed by atoms with van der Waals surface area (Å²) in [5, 5.41) is 2.91. The van der Waals surface area contributed by atoms with Crippen molar-refractivity contribution >= 4 is 18.0 Å². The number of rotatable bonds is 6. The molecule has 2 aliphatic carbocycles. The van der Waals surface area contributed by atoms with Gasteiger partial charge >= 0.3 is 6.29 Å². The first-order valence-corrected chi connectivity index (χ1v) is 11.5. The molecule has 3 aliphatic rings. The predicted molar refractivity (Wildman–Crippen MR) is 124 cm³/mol. The predicted octanol–water partition coefficient (Wildman–Crippen LogP) is 5.28. The smallest absolute Gasteiger partial charge is 0.395 e. The van der Waals surface area contributed by atoms with Gasteiger partial charge in [-0.1, -0.05) is 30.3 Å². The fourth-order valence-corrected chi connectivity index (χ4v) is 4.73. The highest BCUT2D eigenvalue weighted by molar-refractivity contribution is 6.01. The number of hydrogen-bond donors (Lipinski definition) is 1. The second-order valence-electron chi connectivity index (χ2n) is 9.58. The van der Waals surface area contributed by atoms with Crippen LogP contribution in [-0.2, 0) is 20.4 Å². The van der Waals surface area contributed by atoms with E-state index in [0.29, 0.717) is 24.2 Å². The molecule has 2 fully saturated rings. The monoisotopic (exact) mass is 476 g/mol. The molecule has 0 bridgehead atoms. The van der Waals surface area contributed by atoms with Crippen LogP contribution in [0.25, 0.3) is 11.3 Å². The molecule has 2 aromatic carbocycles. The number of carbonyl (C=O) groups excluding carboxylic acids is 2. The zero-order valence-corrected chi connectivity index (χ0v) is 18.9. The van der Waals surface area contributed by atoms with Gasteiger partial charge in [-0.15, -0.1) is 8.78 Å². The van der Waals surface area contributed by atoms with Crippen LogP contribution in [-0.4, -0.2) is 23.5 Å². The SMILES string of the molecule is Cc1ccc(NC(=O)C2(c3ccc4c(c3)OC(F)(F)O4)CC2)nc1-c1cccc(C2(C=O)CC2)c1. The lowest BCUT2D eigenvalue weighted by atomic mass is 9.94. The number of aromatic nitrogens is 1. The fraction of sp³-hybridized carbons (Fsp3) is 0.296. The minimum Gasteiger partial charge on any atom is -0.395 e. The van der Waals surface area contributed by atoms with Crippen LogP contribution in [0.4, 0.5) is 14.6 Å². The van der Waals surface area contributed by atoms with E-state index in [1.54, 1.807) is 12.1 Å². The molecule has 6 rings (SSSR count). The summed E-state index contributed by atoms with van der Waals surface area (Å²) in [5.74, 6) is 0.0173. The molecule has 1 aromatic heterocycles. The number of carbonyl (C=O) groups is 2. The zero-order chi connectivity index (χ0) is 24.4. The third kappa shape index (κ3) is 3.64. The van der Waals surface area contributed by atoms with Gasteiger partial charge in [-0.3, -0.25) is 4.79 Å². The van der Waals surface area contributed by atoms with Crippen molar-refractivity contribution in [3.8, 4) is 22.8 Å². The van der Waals surface area contributed by atoms with Gasteiger partial charge < -0.3 is 19.6 Å². The number of hydrogen-bond acceptors (Lipinski definition) is 5. The quantitative estimate of drug-likeness (QED) is 0.490. The second-order valence-corrected chi connectivity index (χ2v) is 9.58. The van der Waals surface area contributed by atoms with Crippen molar-refractivity contribution in [1.29, 1.82) is 0 Å². The average Bonchev–Trinajstić information content (AvgIpc) is 3.76. The Morgan fingerprint density at radius 1 is 0.971 bits per heavy atom. The molecule has 1 aliphatic heterocycles. The number of fused-ring (bicyclic) bond motifs is 1. The van der Waals surface area contributed by atoms with Crippen LogP contribution in [0.3, 0.4) is 0 Å². The van der Waals surface area contributed by atoms with Crippen LogP contribution >= 0.6 is 0 Å². The van der Waals surface area contributed by atoms with Crippen molar-refractivity contribution < 1.29 is 27.8 Å². The van der Waals surface area contributed by atoms with Crippen LogP contribution in [0.1, 0.15) is 42.4 Å². The van der Waals surface area contributed by atoms with Crippen molar-refractivity contribution in [2.75, 3.05) is 5.32 Å². The lowest BCUT2D eigenvalue weighted by molar-refractivity contribution is -0.286. The van der Waals surface area contributed by atoms with Crippen LogP contribution in [0.5, 0.6) is 11.5 Å². The van der Waals surface area contributed by atoms with E-state index in [1.165, 1.54) is 12.1 Å². The molecule has 0 spiro atoms. The normalized spacial score (nSPS) is 19.6. The maximum atomic E-state index is 13.4. The standard InChI is InChI=1S/C27H22F2N2O4/c1-16-5-8-22(30-23(16)17-3-2-4-18(13-17)25(15-32)9-10-25)31-24(33)26(11-12-26)19-6-7-20-21(14-19)35-27(28,29)34-20/h2-8,13-15H,9-12H2,1H3,(H,30,31,33). The Morgan fingerprint density at radius 3 is 2.46 bits per heavy atom. The van der Waals surface area contributed by atoms with Crippen LogP contribution < -0.4 is 14.8 Å². The number of pyridine rings is 1. The van der Waals surface area contributed by atoms with Crippen LogP contribution in [0, 0.1) is 6.92 Å². The van der Waals surface area contributed by atoms with Crippen molar-refractivity contribution in [2.24, 2.45) is 0 Å². The maximum Gasteiger partial charge on any atom is 0.586 e. The van der Waals surface area contributed by atoms with Gasteiger partial charge in [0, 0.05) is 5.56 Å². The molecule has 0 radical (unpaired) electrons. The Kier molecular flexibility index (Phi) is 4.55. The van der Waals surface area contributed by atoms with Gasteiger partial charge in [0.15, 0.2) is 11.5 Å². The molecule has 0 atom stereocenters. The first kappa shape index (κ1) is 21.7. The third-order valence-corrected chi connectivity index (χ3v) is 7.20. The highest BCUT2D eigenvalue weighted by Crippen LogP contribution is 2.52. The fourth-order valence-electron chi connectivity index (χ4n) is 4.73. The van der Waals surface area contributed by atoms with E-state index in [1.807, 2.05) is 37.3 Å². The number of halogens is 2. The molecule has 2 saturated carbocycles. The lowest BCUT2D eigenvalue weighted by Crippen LogP contribution is -2.28. The molecule has 2 heterocycles. The number of aldehydes is 1. The first-order valence-electron chi connectivity index (χ1n) is 11.5. The largest absolute Gasteiger partial charge is 0.586 e. The number of anilines is 1. The summed E-state index contributed by atoms with van der Waals surface area (Å²) in [7, 11) is 0. The molecule has 0 unspecified atom stereocenters. The van der Waals surface area contributed by atoms with Crippen molar-refractivity contribution in [3.63, 3.8) is 0 Å². The molecule has 3 aromatic rings. The number of alkyl halides is 2. The Labute approximate surface area is 200 Å². The van der Waals surface area contributed by atoms with Gasteiger partial charge in [0.05, 0.1) is 16.5 Å². The summed E-state index contributed by atoms with van der Waals surface area (Å²) >= 11 is 0. The zero-order valence-electron chi connectivity index (χ0n) is 18.9. The summed E-state index contributed by atoms with van der Waals surface area (Å²) in [6.07, 6.45) is 0.191. The number of benzene rings is 2. The summed E-state index contributed by atoms with van der Waals surface area (Å²) in [6.45, 7) is 1.94. The Morgan fingerprint density at radius 2 is 1.74 bits per heavy atom. The highest BCUT2D eigenvalue weighted by atomic mass is 19.3. The van der Waals surface area contributed by atoms with E-state index < -0.39 is 11.7 Å². The second kappa shape index (κ2) is 7.34. The average molecular weight is 476 g/mol. The minimum atomic E-state index is -3.70. The van der Waals surface area contributed by atoms with Gasteiger partial charge in [0.1, 0.15) is 12.1 Å². The van der Waals surface area contributed by atoms with E-state index in [2.05, 4.69) is 14.8 Å². The van der Waals surface area contributed by atoms with Gasteiger partial charge in [0.2, 0.25) is 5.91 Å². The molecule has 0 saturated heterocycles. The van der Waals surface area contributed by atoms with Gasteiger partial charge in [-0.05, 0) is 73.6 Å². The highest BCUT2D eigenvalue weighted by Gasteiger charge is 2.53. The number of aryl methyl sites for hydroxylation is 1. The molecular weight excluding hydrogens is 454 g/mol. The van der Waals surface area contributed by atoms with E-state index in [4.69, 9.17) is 4.98 Å². The van der Waals surface area contributed by atoms with Crippen molar-refractivity contribution in [1.82, 2.24) is 4.98 Å². The summed E-state index contributed by atoms with van der Waals surface area (Å²) in [5.41, 5.74) is 2.90. The molecule has 1 N–H and O–H groups in total. The molecule has 35 heavy (non-hydrogen) atoms. The summed E-state index contributed by atoms with van der Waals surface area (Å²) in [6, 6.07) is 15.9. The van der Waals surface area contributed by atoms with E-state index in [9.17, 15) is 18.4 Å². The van der Waals surface area contributed by atoms with Crippen LogP contribution in [0.2, 0.25) is 0 Å². The minimum absolute atomic E-state index is 0.0513. The summed E-state index contributed by atoms with van der Waals surface area (Å²) in [4.78, 5) is 29.6. The number of nitrogens with one attached hydrogen (secondary N) is 1.